The molecule has 2 aromatic carbocycles. The number of hydrogen-bond donors (Lipinski definition) is 3. The van der Waals surface area contributed by atoms with Gasteiger partial charge in [-0.2, -0.15) is 0 Å². The number of fused-ring (bicyclic) bond motifs is 5. The van der Waals surface area contributed by atoms with Gasteiger partial charge in [-0.1, -0.05) is 51.1 Å². The van der Waals surface area contributed by atoms with Crippen molar-refractivity contribution in [1.82, 2.24) is 4.47 Å². The van der Waals surface area contributed by atoms with Crippen LogP contribution in [-0.4, -0.2) is 59.1 Å². The fourth-order valence-electron chi connectivity index (χ4n) is 10.9. The van der Waals surface area contributed by atoms with Gasteiger partial charge in [-0.15, -0.1) is 12.4 Å². The molecule has 0 bridgehead atoms. The molecule has 9 nitrogen and oxygen atoms in total. The van der Waals surface area contributed by atoms with Crippen molar-refractivity contribution in [3.63, 3.8) is 0 Å². The van der Waals surface area contributed by atoms with E-state index in [1.54, 1.807) is 12.1 Å². The molecular formula is C38H52ClNO8S. The van der Waals surface area contributed by atoms with Crippen LogP contribution in [0.1, 0.15) is 101 Å². The van der Waals surface area contributed by atoms with Crippen LogP contribution in [0.15, 0.2) is 59.5 Å². The lowest BCUT2D eigenvalue weighted by atomic mass is 9.43. The number of sulfonamides is 1. The quantitative estimate of drug-likeness (QED) is 0.157. The zero-order valence-electron chi connectivity index (χ0n) is 28.7. The maximum absolute atomic E-state index is 13.0. The first-order valence-electron chi connectivity index (χ1n) is 17.9. The third-order valence-corrected chi connectivity index (χ3v) is 15.2. The lowest BCUT2D eigenvalue weighted by Gasteiger charge is -2.63. The van der Waals surface area contributed by atoms with Crippen molar-refractivity contribution in [2.75, 3.05) is 6.61 Å². The molecule has 2 unspecified atom stereocenters. The number of carbonyl (C=O) groups is 1. The molecule has 4 aliphatic carbocycles. The molecule has 1 saturated heterocycles. The Kier molecular flexibility index (Phi) is 10.4. The van der Waals surface area contributed by atoms with E-state index in [9.17, 15) is 28.5 Å². The monoisotopic (exact) mass is 717 g/mol. The number of esters is 1. The van der Waals surface area contributed by atoms with Crippen molar-refractivity contribution in [2.24, 2.45) is 46.3 Å². The molecule has 5 aliphatic rings. The van der Waals surface area contributed by atoms with Gasteiger partial charge in [0.1, 0.15) is 0 Å². The fourth-order valence-corrected chi connectivity index (χ4v) is 12.2. The Morgan fingerprint density at radius 2 is 1.69 bits per heavy atom. The Labute approximate surface area is 296 Å². The number of hydrogen-bond acceptors (Lipinski definition) is 8. The zero-order valence-corrected chi connectivity index (χ0v) is 30.3. The molecule has 49 heavy (non-hydrogen) atoms. The second kappa shape index (κ2) is 13.8. The van der Waals surface area contributed by atoms with Crippen molar-refractivity contribution in [3.8, 4) is 0 Å². The van der Waals surface area contributed by atoms with Crippen LogP contribution in [-0.2, 0) is 19.6 Å². The minimum Gasteiger partial charge on any atom is -0.462 e. The molecule has 270 valence electrons. The van der Waals surface area contributed by atoms with Crippen LogP contribution >= 0.6 is 12.4 Å². The second-order valence-corrected chi connectivity index (χ2v) is 17.7. The Balaban J connectivity index is 0.00000417. The molecule has 11 heteroatoms. The molecule has 0 spiro atoms. The number of hydroxylamine groups is 1. The minimum absolute atomic E-state index is 0. The average Bonchev–Trinajstić information content (AvgIpc) is 3.81. The van der Waals surface area contributed by atoms with Gasteiger partial charge in [-0.3, -0.25) is 4.84 Å². The molecule has 0 amide bonds. The van der Waals surface area contributed by atoms with E-state index in [-0.39, 0.29) is 70.3 Å². The van der Waals surface area contributed by atoms with Gasteiger partial charge in [0, 0.05) is 5.56 Å². The molecule has 1 aliphatic heterocycles. The Morgan fingerprint density at radius 3 is 2.41 bits per heavy atom. The van der Waals surface area contributed by atoms with Crippen molar-refractivity contribution in [1.29, 1.82) is 0 Å². The van der Waals surface area contributed by atoms with E-state index in [1.807, 2.05) is 18.2 Å². The largest absolute Gasteiger partial charge is 0.462 e. The Morgan fingerprint density at radius 1 is 0.980 bits per heavy atom. The summed E-state index contributed by atoms with van der Waals surface area (Å²) in [4.78, 5) is 18.2. The van der Waals surface area contributed by atoms with E-state index >= 15 is 0 Å². The van der Waals surface area contributed by atoms with E-state index in [0.717, 1.165) is 61.4 Å². The summed E-state index contributed by atoms with van der Waals surface area (Å²) in [6.45, 7) is 7.12. The summed E-state index contributed by atoms with van der Waals surface area (Å²) in [5.74, 6) is 1.20. The molecule has 0 radical (unpaired) electrons. The van der Waals surface area contributed by atoms with E-state index in [1.165, 1.54) is 24.3 Å². The average molecular weight is 718 g/mol. The van der Waals surface area contributed by atoms with Crippen molar-refractivity contribution < 1.29 is 38.1 Å². The van der Waals surface area contributed by atoms with Crippen LogP contribution in [0, 0.1) is 46.3 Å². The highest BCUT2D eigenvalue weighted by Gasteiger charge is 2.65. The van der Waals surface area contributed by atoms with E-state index in [0.29, 0.717) is 24.2 Å². The van der Waals surface area contributed by atoms with E-state index in [4.69, 9.17) is 9.57 Å². The van der Waals surface area contributed by atoms with Crippen LogP contribution < -0.4 is 0 Å². The molecule has 5 fully saturated rings. The zero-order chi connectivity index (χ0) is 34.0. The van der Waals surface area contributed by atoms with Crippen molar-refractivity contribution in [3.05, 3.63) is 65.7 Å². The highest BCUT2D eigenvalue weighted by molar-refractivity contribution is 7.89. The molecule has 7 rings (SSSR count). The van der Waals surface area contributed by atoms with Crippen molar-refractivity contribution >= 4 is 28.4 Å². The third kappa shape index (κ3) is 6.38. The van der Waals surface area contributed by atoms with Gasteiger partial charge in [0.05, 0.1) is 35.4 Å². The third-order valence-electron chi connectivity index (χ3n) is 13.6. The van der Waals surface area contributed by atoms with Gasteiger partial charge in [-0.05, 0) is 133 Å². The topological polar surface area (TPSA) is 137 Å². The summed E-state index contributed by atoms with van der Waals surface area (Å²) in [7, 11) is -3.86. The van der Waals surface area contributed by atoms with Crippen LogP contribution in [0.25, 0.3) is 0 Å². The number of carbonyl (C=O) groups excluding carboxylic acids is 1. The van der Waals surface area contributed by atoms with E-state index < -0.39 is 28.3 Å². The summed E-state index contributed by atoms with van der Waals surface area (Å²) < 4.78 is 32.5. The number of halogens is 1. The van der Waals surface area contributed by atoms with Gasteiger partial charge >= 0.3 is 5.97 Å². The molecule has 3 N–H and O–H groups in total. The first-order valence-corrected chi connectivity index (χ1v) is 19.4. The SMILES string of the molecule is C[C@H](CCCOC(=O)c1ccc(S(=O)(=O)N2OC2c2ccccc2)cc1)[C@H]1CC[C@H]2[C@@H]3[C@H](O)C[C@@H]4C[C@H](O)CC[C@]4(C)[C@H]3C[C@H](O)[C@]12C.Cl. The molecule has 1 heterocycles. The second-order valence-electron chi connectivity index (χ2n) is 15.9. The normalized spacial score (nSPS) is 40.2. The number of aliphatic hydroxyl groups is 3. The predicted molar refractivity (Wildman–Crippen MR) is 186 cm³/mol. The number of aliphatic hydroxyl groups excluding tert-OH is 3. The van der Waals surface area contributed by atoms with Gasteiger partial charge in [0.25, 0.3) is 10.0 Å². The number of nitrogens with zero attached hydrogens (tertiary/aromatic N) is 1. The van der Waals surface area contributed by atoms with Gasteiger partial charge in [-0.25, -0.2) is 13.2 Å². The maximum Gasteiger partial charge on any atom is 0.338 e. The standard InChI is InChI=1S/C38H51NO8S.ClH/c1-23(29-15-16-30-34-31(22-33(42)38(29,30)3)37(2)18-17-27(40)20-26(37)21-32(34)41)8-7-19-46-36(43)25-11-13-28(14-12-25)48(44,45)39-35(47-39)24-9-5-4-6-10-24;/h4-6,9-14,23,26-27,29-35,40-42H,7-8,15-22H2,1-3H3;1H/t23-,26+,27-,29-,30+,31+,32-,33+,34+,35?,37+,38-,39?;/m1./s1. The van der Waals surface area contributed by atoms with E-state index in [2.05, 4.69) is 20.8 Å². The van der Waals surface area contributed by atoms with Crippen LogP contribution in [0.4, 0.5) is 0 Å². The summed E-state index contributed by atoms with van der Waals surface area (Å²) in [5.41, 5.74) is 0.829. The molecular weight excluding hydrogens is 666 g/mol. The Hall–Kier alpha value is -2.05. The van der Waals surface area contributed by atoms with Gasteiger partial charge < -0.3 is 20.1 Å². The Bertz CT molecular complexity index is 1590. The van der Waals surface area contributed by atoms with Crippen molar-refractivity contribution in [2.45, 2.75) is 108 Å². The summed E-state index contributed by atoms with van der Waals surface area (Å²) in [5, 5.41) is 33.7. The molecule has 4 saturated carbocycles. The minimum atomic E-state index is -3.86. The number of benzene rings is 2. The van der Waals surface area contributed by atoms with Crippen LogP contribution in [0.5, 0.6) is 0 Å². The summed E-state index contributed by atoms with van der Waals surface area (Å²) >= 11 is 0. The maximum atomic E-state index is 13.0. The van der Waals surface area contributed by atoms with Gasteiger partial charge in [0.15, 0.2) is 6.23 Å². The molecule has 2 aromatic rings. The predicted octanol–water partition coefficient (Wildman–Crippen LogP) is 6.28. The first kappa shape index (κ1) is 36.7. The summed E-state index contributed by atoms with van der Waals surface area (Å²) in [6.07, 6.45) is 5.86. The lowest BCUT2D eigenvalue weighted by Crippen LogP contribution is -2.62. The number of ether oxygens (including phenoxy) is 1. The first-order chi connectivity index (χ1) is 22.9. The van der Waals surface area contributed by atoms with Crippen LogP contribution in [0.2, 0.25) is 0 Å². The fraction of sp³-hybridized carbons (Fsp3) is 0.658. The molecule has 0 aromatic heterocycles. The highest BCUT2D eigenvalue weighted by Crippen LogP contribution is 2.68. The van der Waals surface area contributed by atoms with Gasteiger partial charge in [0.2, 0.25) is 0 Å². The summed E-state index contributed by atoms with van der Waals surface area (Å²) in [6, 6.07) is 14.8. The highest BCUT2D eigenvalue weighted by atomic mass is 35.5. The lowest BCUT2D eigenvalue weighted by molar-refractivity contribution is -0.207. The number of rotatable bonds is 9. The molecule has 13 atom stereocenters. The van der Waals surface area contributed by atoms with Crippen LogP contribution in [0.3, 0.4) is 0 Å². The smallest absolute Gasteiger partial charge is 0.338 e.